The van der Waals surface area contributed by atoms with E-state index in [1.807, 2.05) is 63.2 Å². The van der Waals surface area contributed by atoms with Crippen molar-refractivity contribution in [3.63, 3.8) is 0 Å². The van der Waals surface area contributed by atoms with E-state index in [1.54, 1.807) is 7.05 Å². The lowest BCUT2D eigenvalue weighted by Crippen LogP contribution is -2.37. The number of likely N-dealkylation sites (N-methyl/N-ethyl adjacent to an activating group) is 1. The van der Waals surface area contributed by atoms with E-state index < -0.39 is 0 Å². The molecule has 1 N–H and O–H groups in total. The van der Waals surface area contributed by atoms with Gasteiger partial charge in [0.05, 0.1) is 12.1 Å². The molecular formula is C22H24N2O3. The number of hydrogen-bond acceptors (Lipinski definition) is 3. The largest absolute Gasteiger partial charge is 0.488 e. The molecule has 0 saturated heterocycles. The first-order valence-electron chi connectivity index (χ1n) is 8.90. The van der Waals surface area contributed by atoms with E-state index >= 15 is 0 Å². The Bertz CT molecular complexity index is 908. The summed E-state index contributed by atoms with van der Waals surface area (Å²) in [5.41, 5.74) is 5.38. The van der Waals surface area contributed by atoms with Gasteiger partial charge < -0.3 is 15.0 Å². The van der Waals surface area contributed by atoms with Crippen molar-refractivity contribution >= 4 is 23.6 Å². The van der Waals surface area contributed by atoms with Crippen molar-refractivity contribution < 1.29 is 14.3 Å². The van der Waals surface area contributed by atoms with E-state index in [4.69, 9.17) is 4.74 Å². The Hall–Kier alpha value is -3.08. The number of amides is 2. The van der Waals surface area contributed by atoms with Crippen LogP contribution in [0, 0.1) is 20.8 Å². The maximum atomic E-state index is 12.7. The molecule has 1 aliphatic rings. The SMILES string of the molecule is Cc1cc(C)c(NC(=O)CN(C)C(=O)C2=Cc3ccccc3OC2)c(C)c1. The normalized spacial score (nSPS) is 12.5. The molecule has 2 aromatic rings. The first kappa shape index (κ1) is 18.7. The highest BCUT2D eigenvalue weighted by molar-refractivity contribution is 6.02. The number of benzene rings is 2. The van der Waals surface area contributed by atoms with Gasteiger partial charge in [-0.25, -0.2) is 0 Å². The van der Waals surface area contributed by atoms with Crippen LogP contribution < -0.4 is 10.1 Å². The summed E-state index contributed by atoms with van der Waals surface area (Å²) >= 11 is 0. The van der Waals surface area contributed by atoms with Crippen molar-refractivity contribution in [2.45, 2.75) is 20.8 Å². The molecule has 0 aromatic heterocycles. The van der Waals surface area contributed by atoms with E-state index in [0.717, 1.165) is 33.7 Å². The maximum Gasteiger partial charge on any atom is 0.253 e. The molecular weight excluding hydrogens is 340 g/mol. The van der Waals surface area contributed by atoms with Crippen molar-refractivity contribution in [1.29, 1.82) is 0 Å². The van der Waals surface area contributed by atoms with E-state index in [1.165, 1.54) is 4.90 Å². The second-order valence-electron chi connectivity index (χ2n) is 6.98. The van der Waals surface area contributed by atoms with Crippen molar-refractivity contribution in [3.05, 3.63) is 64.2 Å². The standard InChI is InChI=1S/C22H24N2O3/c1-14-9-15(2)21(16(3)10-14)23-20(25)12-24(4)22(26)18-11-17-7-5-6-8-19(17)27-13-18/h5-11H,12-13H2,1-4H3,(H,23,25). The molecule has 0 fully saturated rings. The number of rotatable bonds is 4. The van der Waals surface area contributed by atoms with Crippen LogP contribution in [-0.4, -0.2) is 36.9 Å². The highest BCUT2D eigenvalue weighted by atomic mass is 16.5. The van der Waals surface area contributed by atoms with Crippen molar-refractivity contribution in [2.75, 3.05) is 25.5 Å². The van der Waals surface area contributed by atoms with Gasteiger partial charge in [0.2, 0.25) is 5.91 Å². The Morgan fingerprint density at radius 1 is 1.11 bits per heavy atom. The summed E-state index contributed by atoms with van der Waals surface area (Å²) in [7, 11) is 1.62. The number of nitrogens with one attached hydrogen (secondary N) is 1. The molecule has 0 bridgehead atoms. The minimum Gasteiger partial charge on any atom is -0.488 e. The van der Waals surface area contributed by atoms with Crippen LogP contribution in [0.2, 0.25) is 0 Å². The van der Waals surface area contributed by atoms with Crippen LogP contribution in [0.5, 0.6) is 5.75 Å². The number of fused-ring (bicyclic) bond motifs is 1. The van der Waals surface area contributed by atoms with Crippen molar-refractivity contribution in [3.8, 4) is 5.75 Å². The number of carbonyl (C=O) groups is 2. The number of ether oxygens (including phenoxy) is 1. The van der Waals surface area contributed by atoms with E-state index in [9.17, 15) is 9.59 Å². The molecule has 0 atom stereocenters. The van der Waals surface area contributed by atoms with Crippen LogP contribution in [0.4, 0.5) is 5.69 Å². The second kappa shape index (κ2) is 7.66. The summed E-state index contributed by atoms with van der Waals surface area (Å²) in [6.07, 6.45) is 1.82. The first-order chi connectivity index (χ1) is 12.8. The van der Waals surface area contributed by atoms with Gasteiger partial charge in [0.1, 0.15) is 12.4 Å². The third-order valence-corrected chi connectivity index (χ3v) is 4.58. The van der Waals surface area contributed by atoms with Gasteiger partial charge in [-0.15, -0.1) is 0 Å². The summed E-state index contributed by atoms with van der Waals surface area (Å²) in [6, 6.07) is 11.6. The summed E-state index contributed by atoms with van der Waals surface area (Å²) in [5, 5.41) is 2.93. The highest BCUT2D eigenvalue weighted by Gasteiger charge is 2.22. The lowest BCUT2D eigenvalue weighted by Gasteiger charge is -2.22. The fourth-order valence-corrected chi connectivity index (χ4v) is 3.33. The van der Waals surface area contributed by atoms with Crippen LogP contribution in [-0.2, 0) is 9.59 Å². The molecule has 3 rings (SSSR count). The summed E-state index contributed by atoms with van der Waals surface area (Å²) in [4.78, 5) is 26.5. The maximum absolute atomic E-state index is 12.7. The topological polar surface area (TPSA) is 58.6 Å². The summed E-state index contributed by atoms with van der Waals surface area (Å²) < 4.78 is 5.63. The minimum absolute atomic E-state index is 0.0232. The summed E-state index contributed by atoms with van der Waals surface area (Å²) in [6.45, 7) is 6.14. The molecule has 5 heteroatoms. The van der Waals surface area contributed by atoms with E-state index in [-0.39, 0.29) is 25.0 Å². The molecule has 0 radical (unpaired) electrons. The highest BCUT2D eigenvalue weighted by Crippen LogP contribution is 2.26. The molecule has 0 spiro atoms. The molecule has 2 amide bonds. The lowest BCUT2D eigenvalue weighted by molar-refractivity contribution is -0.130. The molecule has 1 aliphatic heterocycles. The Kier molecular flexibility index (Phi) is 5.31. The Morgan fingerprint density at radius 3 is 2.48 bits per heavy atom. The minimum atomic E-state index is -0.223. The molecule has 0 unspecified atom stereocenters. The van der Waals surface area contributed by atoms with Crippen LogP contribution >= 0.6 is 0 Å². The lowest BCUT2D eigenvalue weighted by atomic mass is 10.1. The van der Waals surface area contributed by atoms with Gasteiger partial charge >= 0.3 is 0 Å². The fraction of sp³-hybridized carbons (Fsp3) is 0.273. The Morgan fingerprint density at radius 2 is 1.78 bits per heavy atom. The third kappa shape index (κ3) is 4.19. The molecule has 0 aliphatic carbocycles. The number of nitrogens with zero attached hydrogens (tertiary/aromatic N) is 1. The van der Waals surface area contributed by atoms with Gasteiger partial charge in [-0.05, 0) is 44.0 Å². The molecule has 0 saturated carbocycles. The zero-order valence-corrected chi connectivity index (χ0v) is 16.1. The fourth-order valence-electron chi connectivity index (χ4n) is 3.33. The van der Waals surface area contributed by atoms with Crippen LogP contribution in [0.1, 0.15) is 22.3 Å². The van der Waals surface area contributed by atoms with Gasteiger partial charge in [0.25, 0.3) is 5.91 Å². The molecule has 140 valence electrons. The van der Waals surface area contributed by atoms with Gasteiger partial charge in [0, 0.05) is 18.3 Å². The third-order valence-electron chi connectivity index (χ3n) is 4.58. The van der Waals surface area contributed by atoms with Crippen LogP contribution in [0.15, 0.2) is 42.0 Å². The number of anilines is 1. The molecule has 1 heterocycles. The zero-order valence-electron chi connectivity index (χ0n) is 16.1. The van der Waals surface area contributed by atoms with Gasteiger partial charge in [-0.2, -0.15) is 0 Å². The van der Waals surface area contributed by atoms with Gasteiger partial charge in [0.15, 0.2) is 0 Å². The number of carbonyl (C=O) groups excluding carboxylic acids is 2. The van der Waals surface area contributed by atoms with E-state index in [0.29, 0.717) is 5.57 Å². The summed E-state index contributed by atoms with van der Waals surface area (Å²) in [5.74, 6) is 0.329. The number of para-hydroxylation sites is 1. The monoisotopic (exact) mass is 364 g/mol. The number of aryl methyl sites for hydroxylation is 3. The average Bonchev–Trinajstić information content (AvgIpc) is 2.63. The smallest absolute Gasteiger partial charge is 0.253 e. The quantitative estimate of drug-likeness (QED) is 0.904. The van der Waals surface area contributed by atoms with Crippen LogP contribution in [0.25, 0.3) is 6.08 Å². The predicted molar refractivity (Wildman–Crippen MR) is 107 cm³/mol. The molecule has 27 heavy (non-hydrogen) atoms. The molecule has 5 nitrogen and oxygen atoms in total. The predicted octanol–water partition coefficient (Wildman–Crippen LogP) is 3.48. The van der Waals surface area contributed by atoms with E-state index in [2.05, 4.69) is 5.32 Å². The average molecular weight is 364 g/mol. The van der Waals surface area contributed by atoms with Crippen molar-refractivity contribution in [1.82, 2.24) is 4.90 Å². The Balaban J connectivity index is 1.67. The Labute approximate surface area is 159 Å². The van der Waals surface area contributed by atoms with Gasteiger partial charge in [-0.1, -0.05) is 35.9 Å². The zero-order chi connectivity index (χ0) is 19.6. The van der Waals surface area contributed by atoms with Crippen molar-refractivity contribution in [2.24, 2.45) is 0 Å². The first-order valence-corrected chi connectivity index (χ1v) is 8.90. The molecule has 2 aromatic carbocycles. The van der Waals surface area contributed by atoms with Gasteiger partial charge in [-0.3, -0.25) is 9.59 Å². The van der Waals surface area contributed by atoms with Crippen LogP contribution in [0.3, 0.4) is 0 Å². The number of hydrogen-bond donors (Lipinski definition) is 1. The second-order valence-corrected chi connectivity index (χ2v) is 6.98.